The van der Waals surface area contributed by atoms with Crippen LogP contribution in [0.2, 0.25) is 0 Å². The van der Waals surface area contributed by atoms with Gasteiger partial charge in [-0.2, -0.15) is 13.2 Å². The Morgan fingerprint density at radius 3 is 2.26 bits per heavy atom. The molecule has 2 fully saturated rings. The molecule has 110 valence electrons. The molecule has 1 atom stereocenters. The lowest BCUT2D eigenvalue weighted by Gasteiger charge is -2.35. The number of likely N-dealkylation sites (tertiary alicyclic amines) is 1. The van der Waals surface area contributed by atoms with Crippen LogP contribution in [0.4, 0.5) is 13.2 Å². The highest BCUT2D eigenvalue weighted by atomic mass is 19.4. The molecule has 1 aliphatic heterocycles. The molecule has 2 aliphatic rings. The number of carboxylic acids is 1. The summed E-state index contributed by atoms with van der Waals surface area (Å²) in [5.74, 6) is -1.10. The van der Waals surface area contributed by atoms with Crippen LogP contribution in [0.15, 0.2) is 0 Å². The summed E-state index contributed by atoms with van der Waals surface area (Å²) in [6.45, 7) is 2.01. The van der Waals surface area contributed by atoms with Gasteiger partial charge < -0.3 is 5.11 Å². The van der Waals surface area contributed by atoms with E-state index in [0.717, 1.165) is 25.7 Å². The van der Waals surface area contributed by atoms with Gasteiger partial charge in [-0.3, -0.25) is 9.69 Å². The van der Waals surface area contributed by atoms with Crippen LogP contribution in [0.1, 0.15) is 39.0 Å². The van der Waals surface area contributed by atoms with Crippen molar-refractivity contribution in [2.75, 3.05) is 13.1 Å². The molecular formula is C13H20F3NO2. The monoisotopic (exact) mass is 279 g/mol. The normalized spacial score (nSPS) is 37.5. The zero-order valence-electron chi connectivity index (χ0n) is 11.0. The SMILES string of the molecule is CC1CCC(N2CCC(C(=O)O)(C(F)(F)F)C2)CC1. The first kappa shape index (κ1) is 14.6. The quantitative estimate of drug-likeness (QED) is 0.845. The molecule has 0 aromatic rings. The van der Waals surface area contributed by atoms with E-state index in [4.69, 9.17) is 5.11 Å². The molecule has 0 spiro atoms. The molecule has 0 aromatic carbocycles. The number of hydrogen-bond acceptors (Lipinski definition) is 2. The van der Waals surface area contributed by atoms with Crippen molar-refractivity contribution in [3.63, 3.8) is 0 Å². The molecular weight excluding hydrogens is 259 g/mol. The lowest BCUT2D eigenvalue weighted by Crippen LogP contribution is -2.48. The standard InChI is InChI=1S/C13H20F3NO2/c1-9-2-4-10(5-3-9)17-7-6-12(8-17,11(18)19)13(14,15)16/h9-10H,2-8H2,1H3,(H,18,19). The van der Waals surface area contributed by atoms with E-state index < -0.39 is 17.6 Å². The van der Waals surface area contributed by atoms with Crippen molar-refractivity contribution in [2.24, 2.45) is 11.3 Å². The van der Waals surface area contributed by atoms with E-state index in [2.05, 4.69) is 6.92 Å². The summed E-state index contributed by atoms with van der Waals surface area (Å²) in [4.78, 5) is 12.8. The van der Waals surface area contributed by atoms with Crippen molar-refractivity contribution in [1.29, 1.82) is 0 Å². The van der Waals surface area contributed by atoms with Crippen LogP contribution in [0.3, 0.4) is 0 Å². The number of hydrogen-bond donors (Lipinski definition) is 1. The third-order valence-electron chi connectivity index (χ3n) is 4.75. The van der Waals surface area contributed by atoms with E-state index in [1.54, 1.807) is 4.90 Å². The predicted octanol–water partition coefficient (Wildman–Crippen LogP) is 2.90. The lowest BCUT2D eigenvalue weighted by atomic mass is 9.85. The Labute approximate surface area is 110 Å². The second-order valence-corrected chi connectivity index (χ2v) is 6.02. The molecule has 0 bridgehead atoms. The number of carbonyl (C=O) groups is 1. The Balaban J connectivity index is 2.07. The van der Waals surface area contributed by atoms with Gasteiger partial charge in [-0.15, -0.1) is 0 Å². The lowest BCUT2D eigenvalue weighted by molar-refractivity contribution is -0.228. The van der Waals surface area contributed by atoms with Crippen molar-refractivity contribution in [1.82, 2.24) is 4.90 Å². The first-order chi connectivity index (χ1) is 8.76. The van der Waals surface area contributed by atoms with Crippen LogP contribution < -0.4 is 0 Å². The zero-order valence-corrected chi connectivity index (χ0v) is 11.0. The summed E-state index contributed by atoms with van der Waals surface area (Å²) >= 11 is 0. The number of nitrogens with zero attached hydrogens (tertiary/aromatic N) is 1. The van der Waals surface area contributed by atoms with Crippen LogP contribution in [0.5, 0.6) is 0 Å². The average molecular weight is 279 g/mol. The molecule has 6 heteroatoms. The molecule has 1 saturated heterocycles. The summed E-state index contributed by atoms with van der Waals surface area (Å²) in [5, 5.41) is 9.01. The van der Waals surface area contributed by atoms with E-state index in [0.29, 0.717) is 5.92 Å². The topological polar surface area (TPSA) is 40.5 Å². The number of halogens is 3. The van der Waals surface area contributed by atoms with Crippen molar-refractivity contribution < 1.29 is 23.1 Å². The second kappa shape index (κ2) is 4.96. The molecule has 19 heavy (non-hydrogen) atoms. The van der Waals surface area contributed by atoms with Gasteiger partial charge in [0.15, 0.2) is 5.41 Å². The van der Waals surface area contributed by atoms with E-state index in [1.165, 1.54) is 0 Å². The summed E-state index contributed by atoms with van der Waals surface area (Å²) in [6.07, 6.45) is -1.18. The van der Waals surface area contributed by atoms with Crippen molar-refractivity contribution >= 4 is 5.97 Å². The maximum absolute atomic E-state index is 13.1. The molecule has 0 amide bonds. The Bertz CT molecular complexity index is 350. The van der Waals surface area contributed by atoms with E-state index in [-0.39, 0.29) is 25.6 Å². The second-order valence-electron chi connectivity index (χ2n) is 6.02. The van der Waals surface area contributed by atoms with Gasteiger partial charge in [-0.25, -0.2) is 0 Å². The van der Waals surface area contributed by atoms with Crippen LogP contribution in [0.25, 0.3) is 0 Å². The fourth-order valence-electron chi connectivity index (χ4n) is 3.29. The largest absolute Gasteiger partial charge is 0.481 e. The summed E-state index contributed by atoms with van der Waals surface area (Å²) in [5.41, 5.74) is -2.56. The molecule has 3 nitrogen and oxygen atoms in total. The van der Waals surface area contributed by atoms with Gasteiger partial charge >= 0.3 is 12.1 Å². The Morgan fingerprint density at radius 2 is 1.84 bits per heavy atom. The molecule has 2 rings (SSSR count). The minimum Gasteiger partial charge on any atom is -0.481 e. The van der Waals surface area contributed by atoms with Crippen molar-refractivity contribution in [3.05, 3.63) is 0 Å². The van der Waals surface area contributed by atoms with Gasteiger partial charge in [0, 0.05) is 12.6 Å². The number of alkyl halides is 3. The first-order valence-electron chi connectivity index (χ1n) is 6.80. The Kier molecular flexibility index (Phi) is 3.82. The Morgan fingerprint density at radius 1 is 1.26 bits per heavy atom. The summed E-state index contributed by atoms with van der Waals surface area (Å²) in [6, 6.07) is 0.125. The van der Waals surface area contributed by atoms with Crippen LogP contribution >= 0.6 is 0 Å². The summed E-state index contributed by atoms with van der Waals surface area (Å²) in [7, 11) is 0. The van der Waals surface area contributed by atoms with Crippen LogP contribution in [-0.2, 0) is 4.79 Å². The maximum atomic E-state index is 13.1. The molecule has 0 aromatic heterocycles. The minimum absolute atomic E-state index is 0.125. The molecule has 1 N–H and O–H groups in total. The maximum Gasteiger partial charge on any atom is 0.406 e. The van der Waals surface area contributed by atoms with E-state index in [9.17, 15) is 18.0 Å². The van der Waals surface area contributed by atoms with Gasteiger partial charge in [0.2, 0.25) is 0 Å². The molecule has 1 saturated carbocycles. The van der Waals surface area contributed by atoms with Crippen LogP contribution in [0, 0.1) is 11.3 Å². The highest BCUT2D eigenvalue weighted by Crippen LogP contribution is 2.47. The zero-order chi connectivity index (χ0) is 14.3. The van der Waals surface area contributed by atoms with Gasteiger partial charge in [-0.05, 0) is 44.6 Å². The summed E-state index contributed by atoms with van der Waals surface area (Å²) < 4.78 is 39.2. The molecule has 1 unspecified atom stereocenters. The van der Waals surface area contributed by atoms with E-state index >= 15 is 0 Å². The Hall–Kier alpha value is -0.780. The van der Waals surface area contributed by atoms with E-state index in [1.807, 2.05) is 0 Å². The highest BCUT2D eigenvalue weighted by molar-refractivity contribution is 5.76. The number of aliphatic carboxylic acids is 1. The van der Waals surface area contributed by atoms with Crippen molar-refractivity contribution in [2.45, 2.75) is 51.2 Å². The number of carboxylic acid groups (broad SMARTS) is 1. The molecule has 0 radical (unpaired) electrons. The van der Waals surface area contributed by atoms with Gasteiger partial charge in [0.25, 0.3) is 0 Å². The van der Waals surface area contributed by atoms with Gasteiger partial charge in [0.05, 0.1) is 0 Å². The first-order valence-corrected chi connectivity index (χ1v) is 6.80. The van der Waals surface area contributed by atoms with Gasteiger partial charge in [0.1, 0.15) is 0 Å². The van der Waals surface area contributed by atoms with Gasteiger partial charge in [-0.1, -0.05) is 6.92 Å². The molecule has 1 heterocycles. The fourth-order valence-corrected chi connectivity index (χ4v) is 3.29. The average Bonchev–Trinajstić information content (AvgIpc) is 2.75. The minimum atomic E-state index is -4.67. The third kappa shape index (κ3) is 2.59. The highest BCUT2D eigenvalue weighted by Gasteiger charge is 2.64. The third-order valence-corrected chi connectivity index (χ3v) is 4.75. The van der Waals surface area contributed by atoms with Crippen molar-refractivity contribution in [3.8, 4) is 0 Å². The molecule has 1 aliphatic carbocycles. The number of rotatable bonds is 2. The smallest absolute Gasteiger partial charge is 0.406 e. The van der Waals surface area contributed by atoms with Crippen LogP contribution in [-0.4, -0.2) is 41.3 Å². The predicted molar refractivity (Wildman–Crippen MR) is 63.7 cm³/mol. The fraction of sp³-hybridized carbons (Fsp3) is 0.923.